The van der Waals surface area contributed by atoms with E-state index < -0.39 is 11.7 Å². The van der Waals surface area contributed by atoms with Crippen molar-refractivity contribution < 1.29 is 26.8 Å². The van der Waals surface area contributed by atoms with Gasteiger partial charge >= 0.3 is 6.18 Å². The van der Waals surface area contributed by atoms with Gasteiger partial charge in [-0.05, 0) is 42.7 Å². The molecule has 1 amide bonds. The number of halogens is 3. The van der Waals surface area contributed by atoms with Gasteiger partial charge in [-0.15, -0.1) is 10.2 Å². The van der Waals surface area contributed by atoms with Crippen molar-refractivity contribution in [1.82, 2.24) is 25.1 Å². The fourth-order valence-corrected chi connectivity index (χ4v) is 3.96. The summed E-state index contributed by atoms with van der Waals surface area (Å²) in [5, 5.41) is 11.4. The molecule has 0 saturated carbocycles. The molecule has 0 atom stereocenters. The van der Waals surface area contributed by atoms with Crippen LogP contribution in [0.25, 0.3) is 17.3 Å². The van der Waals surface area contributed by atoms with E-state index in [1.165, 1.54) is 29.2 Å². The lowest BCUT2D eigenvalue weighted by Crippen LogP contribution is -2.25. The number of oxazole rings is 1. The second kappa shape index (κ2) is 10.4. The summed E-state index contributed by atoms with van der Waals surface area (Å²) in [7, 11) is 0. The van der Waals surface area contributed by atoms with Gasteiger partial charge < -0.3 is 14.2 Å². The van der Waals surface area contributed by atoms with Crippen LogP contribution in [0.1, 0.15) is 42.2 Å². The lowest BCUT2D eigenvalue weighted by atomic mass is 10.1. The van der Waals surface area contributed by atoms with Gasteiger partial charge in [0.05, 0.1) is 23.3 Å². The predicted molar refractivity (Wildman–Crippen MR) is 122 cm³/mol. The molecular weight excluding hydrogens is 483 g/mol. The normalized spacial score (nSPS) is 11.8. The van der Waals surface area contributed by atoms with E-state index in [4.69, 9.17) is 8.83 Å². The number of carbonyl (C=O) groups is 1. The number of alkyl halides is 3. The van der Waals surface area contributed by atoms with Crippen molar-refractivity contribution in [2.24, 2.45) is 5.92 Å². The molecule has 0 aliphatic carbocycles. The van der Waals surface area contributed by atoms with Gasteiger partial charge in [-0.2, -0.15) is 13.2 Å². The Morgan fingerprint density at radius 2 is 2.00 bits per heavy atom. The van der Waals surface area contributed by atoms with Crippen LogP contribution < -0.4 is 5.32 Å². The van der Waals surface area contributed by atoms with Crippen LogP contribution >= 0.6 is 11.8 Å². The highest BCUT2D eigenvalue weighted by Crippen LogP contribution is 2.34. The van der Waals surface area contributed by atoms with Crippen molar-refractivity contribution in [2.45, 2.75) is 37.4 Å². The van der Waals surface area contributed by atoms with Gasteiger partial charge in [-0.1, -0.05) is 31.7 Å². The first-order valence-electron chi connectivity index (χ1n) is 10.7. The van der Waals surface area contributed by atoms with E-state index in [1.54, 1.807) is 12.1 Å². The Morgan fingerprint density at radius 1 is 1.17 bits per heavy atom. The van der Waals surface area contributed by atoms with Gasteiger partial charge in [0, 0.05) is 6.54 Å². The highest BCUT2D eigenvalue weighted by atomic mass is 32.2. The van der Waals surface area contributed by atoms with Gasteiger partial charge in [0.1, 0.15) is 6.26 Å². The molecule has 0 saturated heterocycles. The van der Waals surface area contributed by atoms with E-state index in [-0.39, 0.29) is 34.8 Å². The fraction of sp³-hybridized carbons (Fsp3) is 0.304. The molecule has 0 fully saturated rings. The zero-order chi connectivity index (χ0) is 25.0. The highest BCUT2D eigenvalue weighted by Gasteiger charge is 2.31. The molecule has 0 spiro atoms. The summed E-state index contributed by atoms with van der Waals surface area (Å²) in [5.41, 5.74) is -0.429. The molecule has 0 unspecified atom stereocenters. The third kappa shape index (κ3) is 5.94. The summed E-state index contributed by atoms with van der Waals surface area (Å²) >= 11 is 1.15. The van der Waals surface area contributed by atoms with Crippen molar-refractivity contribution in [3.8, 4) is 17.3 Å². The summed E-state index contributed by atoms with van der Waals surface area (Å²) in [5.74, 6) is 1.15. The molecule has 4 aromatic rings. The summed E-state index contributed by atoms with van der Waals surface area (Å²) in [6.45, 7) is 4.66. The first-order valence-corrected chi connectivity index (χ1v) is 11.7. The molecule has 1 N–H and O–H groups in total. The number of rotatable bonds is 9. The minimum Gasteiger partial charge on any atom is -0.461 e. The number of hydrogen-bond donors (Lipinski definition) is 1. The number of furan rings is 1. The van der Waals surface area contributed by atoms with Gasteiger partial charge in [-0.25, -0.2) is 4.98 Å². The second-order valence-electron chi connectivity index (χ2n) is 8.02. The number of hydrogen-bond acceptors (Lipinski definition) is 7. The van der Waals surface area contributed by atoms with E-state index in [9.17, 15) is 18.0 Å². The van der Waals surface area contributed by atoms with Crippen molar-refractivity contribution in [1.29, 1.82) is 0 Å². The summed E-state index contributed by atoms with van der Waals surface area (Å²) in [4.78, 5) is 16.4. The van der Waals surface area contributed by atoms with E-state index >= 15 is 0 Å². The molecule has 4 rings (SSSR count). The molecule has 3 aromatic heterocycles. The molecule has 0 bridgehead atoms. The molecule has 35 heavy (non-hydrogen) atoms. The minimum atomic E-state index is -4.51. The Labute approximate surface area is 202 Å². The average Bonchev–Trinajstić information content (AvgIpc) is 3.57. The van der Waals surface area contributed by atoms with Gasteiger partial charge in [-0.3, -0.25) is 9.36 Å². The molecule has 3 heterocycles. The number of nitrogens with one attached hydrogen (secondary N) is 1. The summed E-state index contributed by atoms with van der Waals surface area (Å²) in [6.07, 6.45) is -0.956. The Bertz CT molecular complexity index is 1280. The highest BCUT2D eigenvalue weighted by molar-refractivity contribution is 7.98. The average molecular weight is 506 g/mol. The van der Waals surface area contributed by atoms with E-state index in [2.05, 4.69) is 34.3 Å². The number of nitrogens with zero attached hydrogens (tertiary/aromatic N) is 4. The Hall–Kier alpha value is -3.54. The van der Waals surface area contributed by atoms with Crippen LogP contribution in [0.5, 0.6) is 0 Å². The Kier molecular flexibility index (Phi) is 7.29. The molecule has 0 aliphatic rings. The number of aromatic nitrogens is 4. The monoisotopic (exact) mass is 505 g/mol. The first-order chi connectivity index (χ1) is 16.7. The molecule has 184 valence electrons. The van der Waals surface area contributed by atoms with E-state index in [0.29, 0.717) is 23.4 Å². The smallest absolute Gasteiger partial charge is 0.416 e. The van der Waals surface area contributed by atoms with Crippen LogP contribution in [0.2, 0.25) is 0 Å². The molecule has 1 aromatic carbocycles. The number of benzene rings is 1. The molecular formula is C23H22F3N5O3S. The number of amides is 1. The maximum Gasteiger partial charge on any atom is 0.416 e. The van der Waals surface area contributed by atoms with Gasteiger partial charge in [0.15, 0.2) is 16.6 Å². The molecule has 0 radical (unpaired) electrons. The van der Waals surface area contributed by atoms with Gasteiger partial charge in [0.25, 0.3) is 5.91 Å². The predicted octanol–water partition coefficient (Wildman–Crippen LogP) is 5.60. The Morgan fingerprint density at radius 3 is 2.71 bits per heavy atom. The molecule has 8 nitrogen and oxygen atoms in total. The molecule has 12 heteroatoms. The van der Waals surface area contributed by atoms with Crippen LogP contribution in [0.4, 0.5) is 13.2 Å². The lowest BCUT2D eigenvalue weighted by molar-refractivity contribution is -0.137. The van der Waals surface area contributed by atoms with Crippen LogP contribution in [-0.4, -0.2) is 32.2 Å². The largest absolute Gasteiger partial charge is 0.461 e. The summed E-state index contributed by atoms with van der Waals surface area (Å²) in [6, 6.07) is 8.14. The van der Waals surface area contributed by atoms with Gasteiger partial charge in [0.2, 0.25) is 11.7 Å². The van der Waals surface area contributed by atoms with Crippen molar-refractivity contribution in [2.75, 3.05) is 6.54 Å². The quantitative estimate of drug-likeness (QED) is 0.296. The third-order valence-electron chi connectivity index (χ3n) is 4.92. The number of carbonyl (C=O) groups excluding carboxylic acids is 1. The summed E-state index contributed by atoms with van der Waals surface area (Å²) < 4.78 is 52.2. The van der Waals surface area contributed by atoms with Crippen LogP contribution in [0, 0.1) is 5.92 Å². The SMILES string of the molecule is CC(C)CCNC(=O)c1coc(CSc2nnc(-c3ccco3)n2-c2cccc(C(F)(F)F)c2)n1. The fourth-order valence-electron chi connectivity index (χ4n) is 3.16. The van der Waals surface area contributed by atoms with E-state index in [0.717, 1.165) is 30.3 Å². The van der Waals surface area contributed by atoms with Crippen LogP contribution in [0.3, 0.4) is 0 Å². The van der Waals surface area contributed by atoms with Crippen molar-refractivity contribution in [3.05, 3.63) is 66.1 Å². The zero-order valence-electron chi connectivity index (χ0n) is 18.9. The Balaban J connectivity index is 1.56. The third-order valence-corrected chi connectivity index (χ3v) is 5.84. The maximum atomic E-state index is 13.3. The standard InChI is InChI=1S/C23H22F3N5O3S/c1-14(2)8-9-27-21(32)17-12-34-19(28-17)13-35-22-30-29-20(18-7-4-10-33-18)31(22)16-6-3-5-15(11-16)23(24,25)26/h3-7,10-12,14H,8-9,13H2,1-2H3,(H,27,32). The first kappa shape index (κ1) is 24.6. The second-order valence-corrected chi connectivity index (χ2v) is 8.96. The minimum absolute atomic E-state index is 0.153. The van der Waals surface area contributed by atoms with E-state index in [1.807, 2.05) is 0 Å². The zero-order valence-corrected chi connectivity index (χ0v) is 19.7. The molecule has 0 aliphatic heterocycles. The van der Waals surface area contributed by atoms with Crippen molar-refractivity contribution in [3.63, 3.8) is 0 Å². The topological polar surface area (TPSA) is 99.0 Å². The van der Waals surface area contributed by atoms with Crippen LogP contribution in [-0.2, 0) is 11.9 Å². The lowest BCUT2D eigenvalue weighted by Gasteiger charge is -2.12. The maximum absolute atomic E-state index is 13.3. The van der Waals surface area contributed by atoms with Crippen LogP contribution in [0.15, 0.2) is 62.9 Å². The van der Waals surface area contributed by atoms with Crippen molar-refractivity contribution >= 4 is 17.7 Å². The number of thioether (sulfide) groups is 1.